The fourth-order valence-electron chi connectivity index (χ4n) is 5.21. The molecule has 1 aliphatic heterocycles. The van der Waals surface area contributed by atoms with E-state index >= 15 is 0 Å². The molecule has 0 aliphatic carbocycles. The molecule has 0 unspecified atom stereocenters. The highest BCUT2D eigenvalue weighted by Crippen LogP contribution is 2.40. The van der Waals surface area contributed by atoms with Gasteiger partial charge in [0.15, 0.2) is 5.89 Å². The minimum absolute atomic E-state index is 0.0895. The summed E-state index contributed by atoms with van der Waals surface area (Å²) in [5.74, 6) is 2.18. The third-order valence-electron chi connectivity index (χ3n) is 7.55. The van der Waals surface area contributed by atoms with Crippen molar-refractivity contribution in [2.24, 2.45) is 5.41 Å². The van der Waals surface area contributed by atoms with Crippen molar-refractivity contribution in [3.63, 3.8) is 0 Å². The van der Waals surface area contributed by atoms with Gasteiger partial charge < -0.3 is 33.3 Å². The Morgan fingerprint density at radius 3 is 2.64 bits per heavy atom. The predicted octanol–water partition coefficient (Wildman–Crippen LogP) is 4.05. The number of hydrogen-bond acceptors (Lipinski definition) is 8. The lowest BCUT2D eigenvalue weighted by molar-refractivity contribution is -0.137. The standard InChI is InChI=1S/C31H37N5O6/c1-6-36-24-9-8-21(17-25(24)34(5)29(38)31(3,4)30(36)39)40-15-7-12-32-18-22-19-33-27(42-22)11-14-35-13-10-26-23(28(35)37)16-20(2)41-26/h8-10,13,16-17,19,32H,6-7,11-12,14-15,18H2,1-5H3. The van der Waals surface area contributed by atoms with Crippen molar-refractivity contribution in [2.75, 3.05) is 36.5 Å². The monoisotopic (exact) mass is 575 g/mol. The molecule has 222 valence electrons. The van der Waals surface area contributed by atoms with Gasteiger partial charge in [-0.1, -0.05) is 0 Å². The fraction of sp³-hybridized carbons (Fsp3) is 0.419. The van der Waals surface area contributed by atoms with Gasteiger partial charge >= 0.3 is 0 Å². The molecule has 0 fully saturated rings. The Labute approximate surface area is 244 Å². The number of amides is 2. The number of fused-ring (bicyclic) bond motifs is 2. The van der Waals surface area contributed by atoms with Gasteiger partial charge in [-0.25, -0.2) is 4.98 Å². The Morgan fingerprint density at radius 2 is 1.86 bits per heavy atom. The highest BCUT2D eigenvalue weighted by molar-refractivity contribution is 6.20. The Bertz CT molecular complexity index is 1670. The van der Waals surface area contributed by atoms with Crippen LogP contribution >= 0.6 is 0 Å². The maximum Gasteiger partial charge on any atom is 0.261 e. The Balaban J connectivity index is 1.08. The van der Waals surface area contributed by atoms with Gasteiger partial charge in [0.2, 0.25) is 11.8 Å². The summed E-state index contributed by atoms with van der Waals surface area (Å²) in [4.78, 5) is 46.3. The van der Waals surface area contributed by atoms with E-state index in [9.17, 15) is 14.4 Å². The van der Waals surface area contributed by atoms with Crippen molar-refractivity contribution in [1.29, 1.82) is 0 Å². The molecule has 3 aromatic heterocycles. The number of furan rings is 1. The van der Waals surface area contributed by atoms with Crippen LogP contribution in [0.15, 0.2) is 56.4 Å². The molecule has 0 spiro atoms. The first kappa shape index (κ1) is 29.1. The molecule has 1 aliphatic rings. The third kappa shape index (κ3) is 5.69. The number of rotatable bonds is 11. The van der Waals surface area contributed by atoms with Gasteiger partial charge in [0.25, 0.3) is 5.56 Å². The van der Waals surface area contributed by atoms with Crippen LogP contribution in [0.1, 0.15) is 44.6 Å². The van der Waals surface area contributed by atoms with Crippen LogP contribution in [-0.2, 0) is 29.1 Å². The number of benzene rings is 1. The predicted molar refractivity (Wildman–Crippen MR) is 159 cm³/mol. The number of oxazole rings is 1. The molecule has 2 amide bonds. The van der Waals surface area contributed by atoms with Crippen molar-refractivity contribution in [2.45, 2.75) is 53.6 Å². The van der Waals surface area contributed by atoms with Gasteiger partial charge in [0, 0.05) is 38.8 Å². The molecule has 11 nitrogen and oxygen atoms in total. The lowest BCUT2D eigenvalue weighted by Gasteiger charge is -2.27. The minimum atomic E-state index is -1.14. The number of nitrogens with one attached hydrogen (secondary N) is 1. The first-order valence-corrected chi connectivity index (χ1v) is 14.2. The average Bonchev–Trinajstić information content (AvgIpc) is 3.59. The number of anilines is 2. The number of hydrogen-bond donors (Lipinski definition) is 1. The lowest BCUT2D eigenvalue weighted by Crippen LogP contribution is -2.47. The van der Waals surface area contributed by atoms with E-state index in [0.717, 1.165) is 12.2 Å². The number of aromatic nitrogens is 2. The van der Waals surface area contributed by atoms with E-state index in [1.165, 1.54) is 0 Å². The maximum atomic E-state index is 13.0. The quantitative estimate of drug-likeness (QED) is 0.210. The number of nitrogens with zero attached hydrogens (tertiary/aromatic N) is 4. The van der Waals surface area contributed by atoms with Crippen molar-refractivity contribution in [1.82, 2.24) is 14.9 Å². The summed E-state index contributed by atoms with van der Waals surface area (Å²) in [6.07, 6.45) is 4.67. The molecule has 1 N–H and O–H groups in total. The number of aryl methyl sites for hydroxylation is 3. The summed E-state index contributed by atoms with van der Waals surface area (Å²) < 4.78 is 19.0. The lowest BCUT2D eigenvalue weighted by atomic mass is 9.90. The van der Waals surface area contributed by atoms with Crippen LogP contribution < -0.4 is 25.4 Å². The van der Waals surface area contributed by atoms with Gasteiger partial charge in [-0.2, -0.15) is 0 Å². The van der Waals surface area contributed by atoms with E-state index in [1.54, 1.807) is 59.8 Å². The summed E-state index contributed by atoms with van der Waals surface area (Å²) in [6.45, 7) is 9.68. The molecule has 0 radical (unpaired) electrons. The highest BCUT2D eigenvalue weighted by Gasteiger charge is 2.45. The number of carbonyl (C=O) groups excluding carboxylic acids is 2. The third-order valence-corrected chi connectivity index (χ3v) is 7.55. The van der Waals surface area contributed by atoms with Gasteiger partial charge in [0.05, 0.1) is 36.1 Å². The summed E-state index contributed by atoms with van der Waals surface area (Å²) in [5.41, 5.74) is 0.712. The normalized spacial score (nSPS) is 14.9. The summed E-state index contributed by atoms with van der Waals surface area (Å²) in [7, 11) is 1.69. The van der Waals surface area contributed by atoms with E-state index in [0.29, 0.717) is 79.0 Å². The van der Waals surface area contributed by atoms with Gasteiger partial charge in [-0.15, -0.1) is 0 Å². The van der Waals surface area contributed by atoms with Crippen LogP contribution in [0.2, 0.25) is 0 Å². The van der Waals surface area contributed by atoms with Crippen molar-refractivity contribution in [3.8, 4) is 5.75 Å². The molecule has 0 bridgehead atoms. The van der Waals surface area contributed by atoms with Crippen LogP contribution in [0.25, 0.3) is 11.0 Å². The van der Waals surface area contributed by atoms with Crippen molar-refractivity contribution in [3.05, 3.63) is 70.5 Å². The smallest absolute Gasteiger partial charge is 0.261 e. The molecule has 1 aromatic carbocycles. The largest absolute Gasteiger partial charge is 0.493 e. The van der Waals surface area contributed by atoms with Crippen LogP contribution in [0.4, 0.5) is 11.4 Å². The van der Waals surface area contributed by atoms with Gasteiger partial charge in [0.1, 0.15) is 28.3 Å². The summed E-state index contributed by atoms with van der Waals surface area (Å²) >= 11 is 0. The van der Waals surface area contributed by atoms with Crippen LogP contribution in [0.5, 0.6) is 5.75 Å². The van der Waals surface area contributed by atoms with Crippen LogP contribution in [-0.4, -0.2) is 48.1 Å². The second kappa shape index (κ2) is 11.8. The zero-order valence-corrected chi connectivity index (χ0v) is 24.7. The molecule has 4 aromatic rings. The van der Waals surface area contributed by atoms with Crippen LogP contribution in [0.3, 0.4) is 0 Å². The molecule has 4 heterocycles. The minimum Gasteiger partial charge on any atom is -0.493 e. The van der Waals surface area contributed by atoms with Gasteiger partial charge in [-0.3, -0.25) is 14.4 Å². The zero-order chi connectivity index (χ0) is 30.0. The van der Waals surface area contributed by atoms with E-state index in [4.69, 9.17) is 13.6 Å². The number of ether oxygens (including phenoxy) is 1. The molecule has 42 heavy (non-hydrogen) atoms. The van der Waals surface area contributed by atoms with Crippen LogP contribution in [0, 0.1) is 12.3 Å². The van der Waals surface area contributed by atoms with E-state index < -0.39 is 5.41 Å². The fourth-order valence-corrected chi connectivity index (χ4v) is 5.21. The molecule has 0 saturated carbocycles. The first-order chi connectivity index (χ1) is 20.1. The van der Waals surface area contributed by atoms with E-state index in [2.05, 4.69) is 10.3 Å². The molecule has 5 rings (SSSR count). The van der Waals surface area contributed by atoms with Gasteiger partial charge in [-0.05, 0) is 64.9 Å². The van der Waals surface area contributed by atoms with E-state index in [-0.39, 0.29) is 17.4 Å². The second-order valence-corrected chi connectivity index (χ2v) is 11.0. The Morgan fingerprint density at radius 1 is 1.05 bits per heavy atom. The molecule has 11 heteroatoms. The highest BCUT2D eigenvalue weighted by atomic mass is 16.5. The second-order valence-electron chi connectivity index (χ2n) is 11.0. The topological polar surface area (TPSA) is 123 Å². The average molecular weight is 576 g/mol. The molecule has 0 atom stereocenters. The number of carbonyl (C=O) groups is 2. The SMILES string of the molecule is CCN1C(=O)C(C)(C)C(=O)N(C)c2cc(OCCCNCc3cnc(CCn4ccc5oc(C)cc5c4=O)o3)ccc21. The Kier molecular flexibility index (Phi) is 8.22. The number of pyridine rings is 1. The maximum absolute atomic E-state index is 13.0. The van der Waals surface area contributed by atoms with Crippen molar-refractivity contribution >= 4 is 34.2 Å². The first-order valence-electron chi connectivity index (χ1n) is 14.2. The Hall–Kier alpha value is -4.38. The molecule has 0 saturated heterocycles. The summed E-state index contributed by atoms with van der Waals surface area (Å²) in [6, 6.07) is 9.04. The zero-order valence-electron chi connectivity index (χ0n) is 24.7. The molecular formula is C31H37N5O6. The van der Waals surface area contributed by atoms with Crippen molar-refractivity contribution < 1.29 is 23.2 Å². The van der Waals surface area contributed by atoms with E-state index in [1.807, 2.05) is 32.0 Å². The molecular weight excluding hydrogens is 538 g/mol. The summed E-state index contributed by atoms with van der Waals surface area (Å²) in [5, 5.41) is 3.90.